The van der Waals surface area contributed by atoms with Crippen molar-refractivity contribution in [1.82, 2.24) is 19.8 Å². The third kappa shape index (κ3) is 5.57. The van der Waals surface area contributed by atoms with Crippen LogP contribution in [0, 0.1) is 6.92 Å². The number of aryl methyl sites for hydroxylation is 1. The number of aromatic nitrogens is 2. The Morgan fingerprint density at radius 1 is 1.28 bits per heavy atom. The lowest BCUT2D eigenvalue weighted by Crippen LogP contribution is -2.60. The minimum Gasteiger partial charge on any atom is -0.496 e. The average Bonchev–Trinajstić information content (AvgIpc) is 3.30. The number of benzene rings is 1. The summed E-state index contributed by atoms with van der Waals surface area (Å²) in [6, 6.07) is 9.58. The summed E-state index contributed by atoms with van der Waals surface area (Å²) in [6.45, 7) is 16.1. The predicted octanol–water partition coefficient (Wildman–Crippen LogP) is 5.99. The highest BCUT2D eigenvalue weighted by Gasteiger charge is 2.38. The van der Waals surface area contributed by atoms with E-state index in [9.17, 15) is 4.79 Å². The van der Waals surface area contributed by atoms with Gasteiger partial charge in [0.15, 0.2) is 5.13 Å². The van der Waals surface area contributed by atoms with Gasteiger partial charge in [-0.2, -0.15) is 0 Å². The SMILES string of the molecule is C=CC(=C)N1CCN(C(=O)c2cc(Sc3cnc(Nc4ccccn4)s3)c(C)cc2OC)C(C)(C)C1. The van der Waals surface area contributed by atoms with Crippen molar-refractivity contribution in [2.24, 2.45) is 0 Å². The monoisotopic (exact) mass is 521 g/mol. The van der Waals surface area contributed by atoms with Crippen molar-refractivity contribution in [3.05, 3.63) is 78.8 Å². The van der Waals surface area contributed by atoms with Gasteiger partial charge in [0.25, 0.3) is 5.91 Å². The number of piperazine rings is 1. The Hall–Kier alpha value is -3.30. The number of allylic oxidation sites excluding steroid dienone is 1. The Bertz CT molecular complexity index is 1270. The number of hydrogen-bond donors (Lipinski definition) is 1. The van der Waals surface area contributed by atoms with E-state index in [1.807, 2.05) is 48.4 Å². The average molecular weight is 522 g/mol. The first kappa shape index (κ1) is 25.8. The zero-order valence-electron chi connectivity index (χ0n) is 21.1. The molecule has 0 spiro atoms. The minimum absolute atomic E-state index is 0.0376. The van der Waals surface area contributed by atoms with Gasteiger partial charge >= 0.3 is 0 Å². The summed E-state index contributed by atoms with van der Waals surface area (Å²) in [5, 5.41) is 3.99. The third-order valence-corrected chi connectivity index (χ3v) is 8.29. The van der Waals surface area contributed by atoms with Gasteiger partial charge < -0.3 is 19.9 Å². The molecule has 1 aromatic carbocycles. The Morgan fingerprint density at radius 3 is 2.75 bits per heavy atom. The van der Waals surface area contributed by atoms with Crippen LogP contribution in [-0.2, 0) is 0 Å². The quantitative estimate of drug-likeness (QED) is 0.365. The molecule has 1 amide bonds. The third-order valence-electron chi connectivity index (χ3n) is 6.11. The van der Waals surface area contributed by atoms with Gasteiger partial charge in [-0.25, -0.2) is 9.97 Å². The molecule has 1 saturated heterocycles. The van der Waals surface area contributed by atoms with E-state index in [-0.39, 0.29) is 11.4 Å². The Kier molecular flexibility index (Phi) is 7.70. The van der Waals surface area contributed by atoms with Crippen LogP contribution in [0.4, 0.5) is 10.9 Å². The summed E-state index contributed by atoms with van der Waals surface area (Å²) < 4.78 is 6.65. The highest BCUT2D eigenvalue weighted by molar-refractivity contribution is 8.01. The molecule has 0 saturated carbocycles. The van der Waals surface area contributed by atoms with Crippen LogP contribution in [0.2, 0.25) is 0 Å². The molecule has 1 fully saturated rings. The number of pyridine rings is 1. The second-order valence-corrected chi connectivity index (χ2v) is 11.5. The molecule has 2 aromatic heterocycles. The van der Waals surface area contributed by atoms with Crippen molar-refractivity contribution in [3.8, 4) is 5.75 Å². The number of anilines is 2. The molecule has 0 radical (unpaired) electrons. The normalized spacial score (nSPS) is 14.9. The van der Waals surface area contributed by atoms with E-state index < -0.39 is 0 Å². The molecule has 36 heavy (non-hydrogen) atoms. The van der Waals surface area contributed by atoms with Crippen molar-refractivity contribution < 1.29 is 9.53 Å². The van der Waals surface area contributed by atoms with E-state index in [1.54, 1.807) is 42.5 Å². The van der Waals surface area contributed by atoms with Crippen molar-refractivity contribution in [1.29, 1.82) is 0 Å². The summed E-state index contributed by atoms with van der Waals surface area (Å²) in [4.78, 5) is 27.7. The number of amides is 1. The summed E-state index contributed by atoms with van der Waals surface area (Å²) in [7, 11) is 1.61. The summed E-state index contributed by atoms with van der Waals surface area (Å²) in [5.41, 5.74) is 2.09. The standard InChI is InChI=1S/C27H31N5O2S2/c1-7-19(3)31-12-13-32(27(4,5)17-31)25(33)20-15-22(18(2)14-21(20)34-6)35-24-16-29-26(36-24)30-23-10-8-9-11-28-23/h7-11,14-16H,1,3,12-13,17H2,2,4-6H3,(H,28,29,30). The number of methoxy groups -OCH3 is 1. The summed E-state index contributed by atoms with van der Waals surface area (Å²) in [5.74, 6) is 1.29. The number of carbonyl (C=O) groups is 1. The lowest BCUT2D eigenvalue weighted by molar-refractivity contribution is 0.0272. The van der Waals surface area contributed by atoms with Gasteiger partial charge in [-0.3, -0.25) is 4.79 Å². The molecule has 1 aliphatic rings. The number of ether oxygens (including phenoxy) is 1. The first-order chi connectivity index (χ1) is 17.2. The first-order valence-electron chi connectivity index (χ1n) is 11.6. The molecule has 7 nitrogen and oxygen atoms in total. The van der Waals surface area contributed by atoms with Crippen molar-refractivity contribution in [3.63, 3.8) is 0 Å². The molecule has 0 atom stereocenters. The summed E-state index contributed by atoms with van der Waals surface area (Å²) in [6.07, 6.45) is 5.33. The minimum atomic E-state index is -0.381. The lowest BCUT2D eigenvalue weighted by Gasteiger charge is -2.48. The van der Waals surface area contributed by atoms with Crippen LogP contribution in [0.15, 0.2) is 76.8 Å². The molecule has 3 aromatic rings. The zero-order chi connectivity index (χ0) is 25.9. The predicted molar refractivity (Wildman–Crippen MR) is 148 cm³/mol. The van der Waals surface area contributed by atoms with Gasteiger partial charge in [-0.1, -0.05) is 42.3 Å². The van der Waals surface area contributed by atoms with Gasteiger partial charge in [-0.15, -0.1) is 0 Å². The molecular formula is C27H31N5O2S2. The van der Waals surface area contributed by atoms with Gasteiger partial charge in [-0.05, 0) is 56.7 Å². The van der Waals surface area contributed by atoms with Gasteiger partial charge in [0.1, 0.15) is 11.6 Å². The van der Waals surface area contributed by atoms with Gasteiger partial charge in [0.2, 0.25) is 0 Å². The van der Waals surface area contributed by atoms with Crippen LogP contribution in [0.1, 0.15) is 29.8 Å². The largest absolute Gasteiger partial charge is 0.496 e. The van der Waals surface area contributed by atoms with Crippen LogP contribution in [0.25, 0.3) is 0 Å². The van der Waals surface area contributed by atoms with Crippen LogP contribution in [-0.4, -0.2) is 58.0 Å². The maximum Gasteiger partial charge on any atom is 0.258 e. The molecule has 0 bridgehead atoms. The molecule has 3 heterocycles. The van der Waals surface area contributed by atoms with Crippen LogP contribution in [0.5, 0.6) is 5.75 Å². The highest BCUT2D eigenvalue weighted by Crippen LogP contribution is 2.39. The Morgan fingerprint density at radius 2 is 2.08 bits per heavy atom. The van der Waals surface area contributed by atoms with Crippen molar-refractivity contribution >= 4 is 40.0 Å². The molecule has 1 aliphatic heterocycles. The Labute approximate surface area is 220 Å². The molecule has 4 rings (SSSR count). The summed E-state index contributed by atoms with van der Waals surface area (Å²) >= 11 is 3.13. The van der Waals surface area contributed by atoms with E-state index >= 15 is 0 Å². The number of rotatable bonds is 8. The van der Waals surface area contributed by atoms with Crippen LogP contribution < -0.4 is 10.1 Å². The molecule has 188 valence electrons. The maximum absolute atomic E-state index is 13.8. The smallest absolute Gasteiger partial charge is 0.258 e. The van der Waals surface area contributed by atoms with E-state index in [0.29, 0.717) is 30.9 Å². The van der Waals surface area contributed by atoms with Crippen LogP contribution >= 0.6 is 23.1 Å². The number of thiazole rings is 1. The molecule has 0 unspecified atom stereocenters. The van der Waals surface area contributed by atoms with Gasteiger partial charge in [0, 0.05) is 36.4 Å². The Balaban J connectivity index is 1.56. The fraction of sp³-hybridized carbons (Fsp3) is 0.296. The van der Waals surface area contributed by atoms with Crippen molar-refractivity contribution in [2.45, 2.75) is 35.4 Å². The number of nitrogens with one attached hydrogen (secondary N) is 1. The second-order valence-electron chi connectivity index (χ2n) is 9.13. The second kappa shape index (κ2) is 10.8. The van der Waals surface area contributed by atoms with Crippen molar-refractivity contribution in [2.75, 3.05) is 32.1 Å². The van der Waals surface area contributed by atoms with E-state index in [2.05, 4.69) is 47.2 Å². The van der Waals surface area contributed by atoms with E-state index in [4.69, 9.17) is 4.74 Å². The molecular weight excluding hydrogens is 490 g/mol. The number of hydrogen-bond acceptors (Lipinski definition) is 8. The molecule has 1 N–H and O–H groups in total. The fourth-order valence-corrected chi connectivity index (χ4v) is 6.13. The van der Waals surface area contributed by atoms with Crippen LogP contribution in [0.3, 0.4) is 0 Å². The topological polar surface area (TPSA) is 70.6 Å². The molecule has 0 aliphatic carbocycles. The zero-order valence-corrected chi connectivity index (χ0v) is 22.7. The van der Waals surface area contributed by atoms with E-state index in [0.717, 1.165) is 31.3 Å². The number of carbonyl (C=O) groups excluding carboxylic acids is 1. The lowest BCUT2D eigenvalue weighted by atomic mass is 9.96. The maximum atomic E-state index is 13.8. The fourth-order valence-electron chi connectivity index (χ4n) is 4.18. The number of nitrogens with zero attached hydrogens (tertiary/aromatic N) is 4. The van der Waals surface area contributed by atoms with E-state index in [1.165, 1.54) is 0 Å². The molecule has 9 heteroatoms. The first-order valence-corrected chi connectivity index (χ1v) is 13.2. The highest BCUT2D eigenvalue weighted by atomic mass is 32.2. The van der Waals surface area contributed by atoms with Gasteiger partial charge in [0.05, 0.1) is 28.6 Å².